The summed E-state index contributed by atoms with van der Waals surface area (Å²) in [5, 5.41) is 0. The van der Waals surface area contributed by atoms with E-state index in [2.05, 4.69) is 65.6 Å². The summed E-state index contributed by atoms with van der Waals surface area (Å²) in [6, 6.07) is 0. The smallest absolute Gasteiger partial charge is 0.185 e. The summed E-state index contributed by atoms with van der Waals surface area (Å²) in [7, 11) is -1.59. The van der Waals surface area contributed by atoms with Gasteiger partial charge in [-0.1, -0.05) is 39.0 Å². The van der Waals surface area contributed by atoms with Crippen LogP contribution in [0.2, 0.25) is 19.6 Å². The van der Waals surface area contributed by atoms with Crippen LogP contribution in [-0.2, 0) is 4.43 Å². The molecule has 1 nitrogen and oxygen atoms in total. The van der Waals surface area contributed by atoms with Crippen LogP contribution in [0.5, 0.6) is 0 Å². The van der Waals surface area contributed by atoms with E-state index in [0.717, 1.165) is 19.3 Å². The van der Waals surface area contributed by atoms with Crippen LogP contribution in [0.3, 0.4) is 0 Å². The Labute approximate surface area is 153 Å². The third-order valence-electron chi connectivity index (χ3n) is 5.40. The van der Waals surface area contributed by atoms with Gasteiger partial charge in [-0.3, -0.25) is 0 Å². The zero-order chi connectivity index (χ0) is 17.7. The van der Waals surface area contributed by atoms with Crippen LogP contribution in [0.4, 0.5) is 0 Å². The van der Waals surface area contributed by atoms with E-state index < -0.39 is 12.7 Å². The van der Waals surface area contributed by atoms with E-state index in [4.69, 9.17) is 27.6 Å². The van der Waals surface area contributed by atoms with Crippen molar-refractivity contribution >= 4 is 31.5 Å². The first-order valence-corrected chi connectivity index (χ1v) is 12.9. The van der Waals surface area contributed by atoms with Crippen molar-refractivity contribution < 1.29 is 4.43 Å². The SMILES string of the molecule is C/C1=C\CCC2(C)C(CC(C)(C)/C=C\C1O[Si](C)(C)C)C2(Cl)Cl. The topological polar surface area (TPSA) is 9.23 Å². The molecule has 0 aromatic carbocycles. The third kappa shape index (κ3) is 4.26. The molecule has 0 bridgehead atoms. The fourth-order valence-corrected chi connectivity index (χ4v) is 5.70. The molecule has 0 aromatic heterocycles. The summed E-state index contributed by atoms with van der Waals surface area (Å²) in [5.74, 6) is 0.362. The van der Waals surface area contributed by atoms with Crippen molar-refractivity contribution in [3.8, 4) is 0 Å². The Morgan fingerprint density at radius 1 is 1.17 bits per heavy atom. The fourth-order valence-electron chi connectivity index (χ4n) is 3.69. The van der Waals surface area contributed by atoms with E-state index in [1.807, 2.05) is 0 Å². The zero-order valence-electron chi connectivity index (χ0n) is 15.7. The molecular formula is C19H32Cl2OSi. The maximum atomic E-state index is 6.63. The molecule has 2 aliphatic rings. The van der Waals surface area contributed by atoms with Crippen LogP contribution in [0.1, 0.15) is 47.0 Å². The monoisotopic (exact) mass is 374 g/mol. The maximum absolute atomic E-state index is 6.63. The van der Waals surface area contributed by atoms with Crippen molar-refractivity contribution in [2.75, 3.05) is 0 Å². The van der Waals surface area contributed by atoms with Gasteiger partial charge in [0.2, 0.25) is 0 Å². The Hall–Kier alpha value is 0.237. The predicted octanol–water partition coefficient (Wildman–Crippen LogP) is 6.73. The van der Waals surface area contributed by atoms with Crippen LogP contribution in [-0.4, -0.2) is 18.8 Å². The van der Waals surface area contributed by atoms with E-state index >= 15 is 0 Å². The van der Waals surface area contributed by atoms with Gasteiger partial charge in [-0.25, -0.2) is 0 Å². The number of alkyl halides is 2. The Balaban J connectivity index is 2.28. The van der Waals surface area contributed by atoms with E-state index in [9.17, 15) is 0 Å². The molecule has 0 radical (unpaired) electrons. The Kier molecular flexibility index (Phi) is 5.27. The molecule has 0 aromatic rings. The van der Waals surface area contributed by atoms with E-state index in [1.54, 1.807) is 0 Å². The summed E-state index contributed by atoms with van der Waals surface area (Å²) in [4.78, 5) is 0. The lowest BCUT2D eigenvalue weighted by molar-refractivity contribution is 0.274. The van der Waals surface area contributed by atoms with Crippen LogP contribution in [0.15, 0.2) is 23.8 Å². The molecule has 4 heteroatoms. The van der Waals surface area contributed by atoms with Crippen molar-refractivity contribution in [3.63, 3.8) is 0 Å². The van der Waals surface area contributed by atoms with E-state index in [-0.39, 0.29) is 16.9 Å². The van der Waals surface area contributed by atoms with Crippen LogP contribution >= 0.6 is 23.2 Å². The largest absolute Gasteiger partial charge is 0.408 e. The second kappa shape index (κ2) is 6.19. The van der Waals surface area contributed by atoms with Gasteiger partial charge in [-0.15, -0.1) is 23.2 Å². The summed E-state index contributed by atoms with van der Waals surface area (Å²) < 4.78 is 5.82. The van der Waals surface area contributed by atoms with Gasteiger partial charge in [0.1, 0.15) is 4.33 Å². The molecule has 0 saturated heterocycles. The second-order valence-corrected chi connectivity index (χ2v) is 15.1. The standard InChI is InChI=1S/C19H32Cl2OSi/c1-14-9-8-11-18(4)16(19(18,20)21)13-17(2,3)12-10-15(14)22-23(5,6)7/h9-10,12,15-16H,8,11,13H2,1-7H3/b12-10-,14-9+. The van der Waals surface area contributed by atoms with Crippen molar-refractivity contribution in [2.24, 2.45) is 16.7 Å². The molecule has 0 spiro atoms. The molecule has 0 aliphatic heterocycles. The van der Waals surface area contributed by atoms with Gasteiger partial charge in [0.25, 0.3) is 0 Å². The summed E-state index contributed by atoms with van der Waals surface area (Å²) in [6.45, 7) is 15.7. The summed E-state index contributed by atoms with van der Waals surface area (Å²) in [5.41, 5.74) is 1.40. The second-order valence-electron chi connectivity index (χ2n) is 9.28. The van der Waals surface area contributed by atoms with Gasteiger partial charge in [0, 0.05) is 11.3 Å². The number of allylic oxidation sites excluding steroid dienone is 2. The lowest BCUT2D eigenvalue weighted by atomic mass is 9.83. The van der Waals surface area contributed by atoms with Crippen molar-refractivity contribution in [3.05, 3.63) is 23.8 Å². The third-order valence-corrected chi connectivity index (χ3v) is 7.75. The molecule has 2 aliphatic carbocycles. The zero-order valence-corrected chi connectivity index (χ0v) is 18.2. The van der Waals surface area contributed by atoms with Gasteiger partial charge >= 0.3 is 0 Å². The predicted molar refractivity (Wildman–Crippen MR) is 105 cm³/mol. The first-order chi connectivity index (χ1) is 10.3. The molecule has 0 heterocycles. The van der Waals surface area contributed by atoms with Crippen molar-refractivity contribution in [1.82, 2.24) is 0 Å². The Morgan fingerprint density at radius 2 is 1.78 bits per heavy atom. The van der Waals surface area contributed by atoms with Gasteiger partial charge < -0.3 is 4.43 Å². The summed E-state index contributed by atoms with van der Waals surface area (Å²) >= 11 is 13.3. The molecule has 132 valence electrons. The first-order valence-electron chi connectivity index (χ1n) is 8.70. The normalized spacial score (nSPS) is 40.3. The highest BCUT2D eigenvalue weighted by Gasteiger charge is 2.72. The van der Waals surface area contributed by atoms with E-state index in [1.165, 1.54) is 5.57 Å². The minimum atomic E-state index is -1.59. The lowest BCUT2D eigenvalue weighted by Crippen LogP contribution is -2.32. The average Bonchev–Trinajstić information content (AvgIpc) is 2.77. The van der Waals surface area contributed by atoms with Gasteiger partial charge in [0.05, 0.1) is 6.10 Å². The van der Waals surface area contributed by atoms with E-state index in [0.29, 0.717) is 5.92 Å². The quantitative estimate of drug-likeness (QED) is 0.295. The average molecular weight is 375 g/mol. The molecule has 23 heavy (non-hydrogen) atoms. The molecule has 0 amide bonds. The van der Waals surface area contributed by atoms with Crippen molar-refractivity contribution in [1.29, 1.82) is 0 Å². The Morgan fingerprint density at radius 3 is 2.35 bits per heavy atom. The highest BCUT2D eigenvalue weighted by atomic mass is 35.5. The van der Waals surface area contributed by atoms with Gasteiger partial charge in [-0.2, -0.15) is 0 Å². The molecule has 1 saturated carbocycles. The van der Waals surface area contributed by atoms with Crippen LogP contribution in [0.25, 0.3) is 0 Å². The number of rotatable bonds is 2. The number of fused-ring (bicyclic) bond motifs is 1. The van der Waals surface area contributed by atoms with Crippen molar-refractivity contribution in [2.45, 2.75) is 77.0 Å². The number of hydrogen-bond donors (Lipinski definition) is 0. The number of hydrogen-bond acceptors (Lipinski definition) is 1. The van der Waals surface area contributed by atoms with Gasteiger partial charge in [0.15, 0.2) is 8.32 Å². The first kappa shape index (κ1) is 19.6. The minimum absolute atomic E-state index is 0.0253. The maximum Gasteiger partial charge on any atom is 0.185 e. The summed E-state index contributed by atoms with van der Waals surface area (Å²) in [6.07, 6.45) is 10.0. The molecule has 1 fully saturated rings. The molecule has 2 rings (SSSR count). The molecule has 0 N–H and O–H groups in total. The molecule has 3 atom stereocenters. The van der Waals surface area contributed by atoms with Gasteiger partial charge in [-0.05, 0) is 56.8 Å². The lowest BCUT2D eigenvalue weighted by Gasteiger charge is -2.27. The molecular weight excluding hydrogens is 343 g/mol. The minimum Gasteiger partial charge on any atom is -0.408 e. The Bertz CT molecular complexity index is 516. The molecule has 3 unspecified atom stereocenters. The van der Waals surface area contributed by atoms with Crippen LogP contribution < -0.4 is 0 Å². The highest BCUT2D eigenvalue weighted by Crippen LogP contribution is 2.73. The van der Waals surface area contributed by atoms with Crippen LogP contribution in [0, 0.1) is 16.7 Å². The number of halogens is 2. The highest BCUT2D eigenvalue weighted by molar-refractivity contribution is 6.69. The fraction of sp³-hybridized carbons (Fsp3) is 0.789.